The van der Waals surface area contributed by atoms with Crippen LogP contribution in [0.3, 0.4) is 0 Å². The summed E-state index contributed by atoms with van der Waals surface area (Å²) in [6, 6.07) is 1.92. The number of hydrogen-bond donors (Lipinski definition) is 1. The molecule has 1 atom stereocenters. The van der Waals surface area contributed by atoms with Crippen LogP contribution in [0.15, 0.2) is 18.5 Å². The molecule has 1 rings (SSSR count). The predicted octanol–water partition coefficient (Wildman–Crippen LogP) is 2.08. The largest absolute Gasteiger partial charge is 0.388 e. The van der Waals surface area contributed by atoms with Gasteiger partial charge < -0.3 is 5.11 Å². The minimum Gasteiger partial charge on any atom is -0.388 e. The Morgan fingerprint density at radius 2 is 2.08 bits per heavy atom. The van der Waals surface area contributed by atoms with Gasteiger partial charge in [0.25, 0.3) is 0 Å². The molecule has 2 nitrogen and oxygen atoms in total. The van der Waals surface area contributed by atoms with Crippen molar-refractivity contribution in [2.45, 2.75) is 26.9 Å². The topological polar surface area (TPSA) is 33.1 Å². The van der Waals surface area contributed by atoms with E-state index in [4.69, 9.17) is 0 Å². The average Bonchev–Trinajstić information content (AvgIpc) is 2.04. The molecule has 0 saturated carbocycles. The monoisotopic (exact) mass is 165 g/mol. The van der Waals surface area contributed by atoms with Gasteiger partial charge in [-0.1, -0.05) is 13.8 Å². The van der Waals surface area contributed by atoms with Crippen molar-refractivity contribution in [3.63, 3.8) is 0 Å². The van der Waals surface area contributed by atoms with Crippen LogP contribution in [0.4, 0.5) is 0 Å². The van der Waals surface area contributed by atoms with Gasteiger partial charge in [-0.15, -0.1) is 0 Å². The number of rotatable bonds is 2. The minimum absolute atomic E-state index is 0.243. The first-order valence-corrected chi connectivity index (χ1v) is 4.21. The molecule has 0 aromatic carbocycles. The molecular formula is C10H15NO. The molecule has 0 bridgehead atoms. The smallest absolute Gasteiger partial charge is 0.0830 e. The van der Waals surface area contributed by atoms with E-state index in [1.807, 2.05) is 26.8 Å². The fourth-order valence-corrected chi connectivity index (χ4v) is 1.14. The normalized spacial score (nSPS) is 13.4. The van der Waals surface area contributed by atoms with Crippen LogP contribution >= 0.6 is 0 Å². The summed E-state index contributed by atoms with van der Waals surface area (Å²) < 4.78 is 0. The zero-order chi connectivity index (χ0) is 9.14. The molecule has 0 aliphatic carbocycles. The Kier molecular flexibility index (Phi) is 2.82. The van der Waals surface area contributed by atoms with Crippen molar-refractivity contribution in [3.05, 3.63) is 29.6 Å². The Hall–Kier alpha value is -0.890. The standard InChI is InChI=1S/C10H15NO/c1-7(2)10(12)9-6-11-5-4-8(9)3/h4-7,10,12H,1-3H3. The lowest BCUT2D eigenvalue weighted by molar-refractivity contribution is 0.126. The van der Waals surface area contributed by atoms with Crippen molar-refractivity contribution in [2.75, 3.05) is 0 Å². The third-order valence-electron chi connectivity index (χ3n) is 2.03. The summed E-state index contributed by atoms with van der Waals surface area (Å²) in [5.41, 5.74) is 2.04. The predicted molar refractivity (Wildman–Crippen MR) is 48.8 cm³/mol. The van der Waals surface area contributed by atoms with Gasteiger partial charge in [0.15, 0.2) is 0 Å². The van der Waals surface area contributed by atoms with Gasteiger partial charge in [-0.25, -0.2) is 0 Å². The van der Waals surface area contributed by atoms with E-state index in [0.717, 1.165) is 11.1 Å². The van der Waals surface area contributed by atoms with Gasteiger partial charge >= 0.3 is 0 Å². The highest BCUT2D eigenvalue weighted by molar-refractivity contribution is 5.23. The van der Waals surface area contributed by atoms with Crippen molar-refractivity contribution in [3.8, 4) is 0 Å². The molecule has 1 aromatic rings. The fourth-order valence-electron chi connectivity index (χ4n) is 1.14. The van der Waals surface area contributed by atoms with E-state index in [2.05, 4.69) is 4.98 Å². The molecule has 0 aliphatic rings. The van der Waals surface area contributed by atoms with E-state index in [1.165, 1.54) is 0 Å². The van der Waals surface area contributed by atoms with E-state index in [1.54, 1.807) is 12.4 Å². The lowest BCUT2D eigenvalue weighted by Gasteiger charge is -2.16. The van der Waals surface area contributed by atoms with Crippen LogP contribution in [-0.4, -0.2) is 10.1 Å². The molecule has 1 heterocycles. The Balaban J connectivity index is 2.94. The van der Waals surface area contributed by atoms with Crippen molar-refractivity contribution in [2.24, 2.45) is 5.92 Å². The first-order chi connectivity index (χ1) is 5.63. The summed E-state index contributed by atoms with van der Waals surface area (Å²) in [7, 11) is 0. The molecule has 2 heteroatoms. The van der Waals surface area contributed by atoms with Gasteiger partial charge in [-0.3, -0.25) is 4.98 Å². The zero-order valence-electron chi connectivity index (χ0n) is 7.78. The van der Waals surface area contributed by atoms with Crippen molar-refractivity contribution < 1.29 is 5.11 Å². The van der Waals surface area contributed by atoms with Crippen molar-refractivity contribution >= 4 is 0 Å². The second kappa shape index (κ2) is 3.68. The molecule has 1 N–H and O–H groups in total. The Morgan fingerprint density at radius 1 is 1.42 bits per heavy atom. The van der Waals surface area contributed by atoms with E-state index < -0.39 is 6.10 Å². The summed E-state index contributed by atoms with van der Waals surface area (Å²) in [6.07, 6.45) is 3.09. The van der Waals surface area contributed by atoms with Gasteiger partial charge in [0, 0.05) is 18.0 Å². The number of hydrogen-bond acceptors (Lipinski definition) is 2. The number of aliphatic hydroxyl groups excluding tert-OH is 1. The van der Waals surface area contributed by atoms with Crippen LogP contribution in [0.1, 0.15) is 31.1 Å². The highest BCUT2D eigenvalue weighted by Gasteiger charge is 2.13. The Morgan fingerprint density at radius 3 is 2.58 bits per heavy atom. The van der Waals surface area contributed by atoms with E-state index in [0.29, 0.717) is 0 Å². The summed E-state index contributed by atoms with van der Waals surface area (Å²) in [4.78, 5) is 3.99. The van der Waals surface area contributed by atoms with Crippen LogP contribution < -0.4 is 0 Å². The molecule has 0 aliphatic heterocycles. The van der Waals surface area contributed by atoms with Crippen LogP contribution in [0.25, 0.3) is 0 Å². The molecular weight excluding hydrogens is 150 g/mol. The fraction of sp³-hybridized carbons (Fsp3) is 0.500. The van der Waals surface area contributed by atoms with Crippen LogP contribution in [0, 0.1) is 12.8 Å². The summed E-state index contributed by atoms with van der Waals surface area (Å²) in [5, 5.41) is 9.74. The highest BCUT2D eigenvalue weighted by atomic mass is 16.3. The molecule has 0 fully saturated rings. The zero-order valence-corrected chi connectivity index (χ0v) is 7.78. The molecule has 0 amide bonds. The first kappa shape index (κ1) is 9.20. The maximum absolute atomic E-state index is 9.74. The summed E-state index contributed by atoms with van der Waals surface area (Å²) in [6.45, 7) is 5.98. The highest BCUT2D eigenvalue weighted by Crippen LogP contribution is 2.22. The molecule has 1 aromatic heterocycles. The maximum atomic E-state index is 9.74. The second-order valence-electron chi connectivity index (χ2n) is 3.42. The molecule has 0 radical (unpaired) electrons. The Bertz CT molecular complexity index is 258. The summed E-state index contributed by atoms with van der Waals surface area (Å²) in [5.74, 6) is 0.243. The van der Waals surface area contributed by atoms with Crippen LogP contribution in [0.2, 0.25) is 0 Å². The number of pyridine rings is 1. The number of aryl methyl sites for hydroxylation is 1. The number of aliphatic hydroxyl groups is 1. The molecule has 12 heavy (non-hydrogen) atoms. The number of nitrogens with zero attached hydrogens (tertiary/aromatic N) is 1. The van der Waals surface area contributed by atoms with Crippen LogP contribution in [0.5, 0.6) is 0 Å². The molecule has 0 saturated heterocycles. The number of aromatic nitrogens is 1. The molecule has 66 valence electrons. The van der Waals surface area contributed by atoms with E-state index >= 15 is 0 Å². The van der Waals surface area contributed by atoms with Crippen molar-refractivity contribution in [1.29, 1.82) is 0 Å². The van der Waals surface area contributed by atoms with Crippen LogP contribution in [-0.2, 0) is 0 Å². The average molecular weight is 165 g/mol. The summed E-state index contributed by atoms with van der Waals surface area (Å²) >= 11 is 0. The van der Waals surface area contributed by atoms with E-state index in [-0.39, 0.29) is 5.92 Å². The third-order valence-corrected chi connectivity index (χ3v) is 2.03. The van der Waals surface area contributed by atoms with Gasteiger partial charge in [0.1, 0.15) is 0 Å². The maximum Gasteiger partial charge on any atom is 0.0830 e. The first-order valence-electron chi connectivity index (χ1n) is 4.21. The lowest BCUT2D eigenvalue weighted by Crippen LogP contribution is -2.07. The van der Waals surface area contributed by atoms with Crippen molar-refractivity contribution in [1.82, 2.24) is 4.98 Å². The second-order valence-corrected chi connectivity index (χ2v) is 3.42. The third kappa shape index (κ3) is 1.83. The van der Waals surface area contributed by atoms with Gasteiger partial charge in [0.05, 0.1) is 6.10 Å². The van der Waals surface area contributed by atoms with Gasteiger partial charge in [-0.2, -0.15) is 0 Å². The quantitative estimate of drug-likeness (QED) is 0.727. The van der Waals surface area contributed by atoms with Gasteiger partial charge in [0.2, 0.25) is 0 Å². The Labute approximate surface area is 73.3 Å². The lowest BCUT2D eigenvalue weighted by atomic mass is 9.97. The van der Waals surface area contributed by atoms with Gasteiger partial charge in [-0.05, 0) is 24.5 Å². The van der Waals surface area contributed by atoms with E-state index in [9.17, 15) is 5.11 Å². The SMILES string of the molecule is Cc1ccncc1C(O)C(C)C. The minimum atomic E-state index is -0.390. The molecule has 0 spiro atoms. The molecule has 1 unspecified atom stereocenters.